The number of hydrogen-bond donors (Lipinski definition) is 5. The number of ether oxygens (including phenoxy) is 1. The third-order valence-corrected chi connectivity index (χ3v) is 6.31. The Labute approximate surface area is 195 Å². The van der Waals surface area contributed by atoms with E-state index in [2.05, 4.69) is 31.9 Å². The van der Waals surface area contributed by atoms with Gasteiger partial charge in [-0.2, -0.15) is 13.2 Å². The summed E-state index contributed by atoms with van der Waals surface area (Å²) in [6.07, 6.45) is -6.52. The second-order valence-electron chi connectivity index (χ2n) is 9.04. The number of hydrogen-bond acceptors (Lipinski definition) is 7. The predicted molar refractivity (Wildman–Crippen MR) is 115 cm³/mol. The number of alkyl halides is 5. The van der Waals surface area contributed by atoms with Gasteiger partial charge in [0.1, 0.15) is 18.4 Å². The molecule has 14 heteroatoms. The number of amides is 1. The molecule has 196 valence electrons. The molecular weight excluding hydrogens is 465 g/mol. The number of carbonyl (C=O) groups excluding carboxylic acids is 1. The first-order valence-electron chi connectivity index (χ1n) is 11.6. The molecule has 0 aromatic rings. The van der Waals surface area contributed by atoms with Crippen molar-refractivity contribution in [3.63, 3.8) is 0 Å². The van der Waals surface area contributed by atoms with Crippen molar-refractivity contribution >= 4 is 11.9 Å². The number of hydrazine groups is 2. The Kier molecular flexibility index (Phi) is 9.43. The normalized spacial score (nSPS) is 35.5. The molecule has 0 aromatic heterocycles. The summed E-state index contributed by atoms with van der Waals surface area (Å²) in [5.41, 5.74) is 8.28. The van der Waals surface area contributed by atoms with Crippen LogP contribution in [0.3, 0.4) is 0 Å². The van der Waals surface area contributed by atoms with Crippen LogP contribution in [0.2, 0.25) is 0 Å². The van der Waals surface area contributed by atoms with E-state index in [4.69, 9.17) is 4.74 Å². The minimum atomic E-state index is -4.60. The van der Waals surface area contributed by atoms with Crippen LogP contribution in [0, 0.1) is 11.8 Å². The number of nitrogens with one attached hydrogen (secondary N) is 5. The van der Waals surface area contributed by atoms with E-state index >= 15 is 0 Å². The summed E-state index contributed by atoms with van der Waals surface area (Å²) in [6.45, 7) is 2.62. The van der Waals surface area contributed by atoms with Gasteiger partial charge in [0, 0.05) is 32.7 Å². The fourth-order valence-electron chi connectivity index (χ4n) is 4.71. The van der Waals surface area contributed by atoms with Crippen molar-refractivity contribution in [1.82, 2.24) is 31.9 Å². The second-order valence-corrected chi connectivity index (χ2v) is 9.04. The van der Waals surface area contributed by atoms with E-state index in [1.54, 1.807) is 0 Å². The van der Waals surface area contributed by atoms with Gasteiger partial charge in [-0.1, -0.05) is 0 Å². The van der Waals surface area contributed by atoms with E-state index < -0.39 is 42.6 Å². The van der Waals surface area contributed by atoms with E-state index in [-0.39, 0.29) is 56.9 Å². The SMILES string of the molecule is CCOCCN=C(NC(=O)C1CN(C)NC1C(F)(F)F)NC1CC(C2CC(F)CC(F)C2)NN1. The van der Waals surface area contributed by atoms with Crippen LogP contribution in [0.5, 0.6) is 0 Å². The molecule has 3 rings (SSSR count). The molecule has 2 heterocycles. The molecule has 0 spiro atoms. The maximum absolute atomic E-state index is 13.8. The second kappa shape index (κ2) is 11.9. The molecule has 1 saturated carbocycles. The van der Waals surface area contributed by atoms with Gasteiger partial charge in [-0.15, -0.1) is 0 Å². The molecule has 0 aromatic carbocycles. The van der Waals surface area contributed by atoms with Gasteiger partial charge in [0.25, 0.3) is 0 Å². The number of carbonyl (C=O) groups is 1. The molecule has 0 bridgehead atoms. The first-order chi connectivity index (χ1) is 16.1. The molecule has 34 heavy (non-hydrogen) atoms. The van der Waals surface area contributed by atoms with Gasteiger partial charge in [-0.05, 0) is 32.1 Å². The Morgan fingerprint density at radius 2 is 1.85 bits per heavy atom. The topological polar surface area (TPSA) is 102 Å². The van der Waals surface area contributed by atoms with Crippen molar-refractivity contribution in [2.75, 3.05) is 33.4 Å². The molecule has 1 amide bonds. The lowest BCUT2D eigenvalue weighted by atomic mass is 9.81. The Balaban J connectivity index is 1.61. The van der Waals surface area contributed by atoms with Crippen molar-refractivity contribution in [2.45, 2.75) is 69.4 Å². The Bertz CT molecular complexity index is 703. The van der Waals surface area contributed by atoms with E-state index in [9.17, 15) is 26.7 Å². The van der Waals surface area contributed by atoms with Crippen molar-refractivity contribution in [3.8, 4) is 0 Å². The van der Waals surface area contributed by atoms with Crippen molar-refractivity contribution in [1.29, 1.82) is 0 Å². The predicted octanol–water partition coefficient (Wildman–Crippen LogP) is 0.751. The smallest absolute Gasteiger partial charge is 0.380 e. The molecule has 6 unspecified atom stereocenters. The summed E-state index contributed by atoms with van der Waals surface area (Å²) >= 11 is 0. The van der Waals surface area contributed by atoms with Crippen molar-refractivity contribution in [3.05, 3.63) is 0 Å². The number of rotatable bonds is 7. The summed E-state index contributed by atoms with van der Waals surface area (Å²) in [6, 6.07) is -2.21. The van der Waals surface area contributed by atoms with Crippen LogP contribution in [0.15, 0.2) is 4.99 Å². The minimum Gasteiger partial charge on any atom is -0.380 e. The summed E-state index contributed by atoms with van der Waals surface area (Å²) in [4.78, 5) is 17.0. The number of halogens is 5. The molecule has 1 aliphatic carbocycles. The van der Waals surface area contributed by atoms with Crippen LogP contribution >= 0.6 is 0 Å². The Morgan fingerprint density at radius 3 is 2.50 bits per heavy atom. The van der Waals surface area contributed by atoms with Gasteiger partial charge in [-0.25, -0.2) is 24.6 Å². The molecule has 3 fully saturated rings. The van der Waals surface area contributed by atoms with Crippen molar-refractivity contribution in [2.24, 2.45) is 16.8 Å². The fourth-order valence-corrected chi connectivity index (χ4v) is 4.71. The molecule has 9 nitrogen and oxygen atoms in total. The van der Waals surface area contributed by atoms with Crippen LogP contribution in [0.1, 0.15) is 32.6 Å². The minimum absolute atomic E-state index is 0.00973. The lowest BCUT2D eigenvalue weighted by molar-refractivity contribution is -0.168. The first kappa shape index (κ1) is 27.0. The summed E-state index contributed by atoms with van der Waals surface area (Å²) in [5, 5.41) is 6.70. The standard InChI is InChI=1S/C20H34F5N7O2/c1-3-34-5-4-26-19(28-18(33)14-10-32(2)31-17(14)20(23,24)25)27-16-9-15(29-30-16)11-6-12(21)8-13(22)7-11/h11-17,29-31H,3-10H2,1-2H3,(H2,26,27,28,33). The van der Waals surface area contributed by atoms with Crippen LogP contribution in [-0.2, 0) is 9.53 Å². The molecule has 6 atom stereocenters. The average Bonchev–Trinajstić information content (AvgIpc) is 3.37. The third kappa shape index (κ3) is 7.44. The van der Waals surface area contributed by atoms with Gasteiger partial charge in [-0.3, -0.25) is 20.5 Å². The zero-order chi connectivity index (χ0) is 24.9. The summed E-state index contributed by atoms with van der Waals surface area (Å²) in [5.74, 6) is -2.37. The van der Waals surface area contributed by atoms with Crippen LogP contribution in [0.4, 0.5) is 22.0 Å². The van der Waals surface area contributed by atoms with Gasteiger partial charge in [0.05, 0.1) is 25.2 Å². The number of guanidine groups is 1. The van der Waals surface area contributed by atoms with Gasteiger partial charge in [0.2, 0.25) is 5.91 Å². The molecular formula is C20H34F5N7O2. The Morgan fingerprint density at radius 1 is 1.15 bits per heavy atom. The molecule has 2 aliphatic heterocycles. The Hall–Kier alpha value is -1.61. The molecule has 2 saturated heterocycles. The van der Waals surface area contributed by atoms with Crippen molar-refractivity contribution < 1.29 is 31.5 Å². The number of aliphatic imine (C=N–C) groups is 1. The average molecular weight is 500 g/mol. The summed E-state index contributed by atoms with van der Waals surface area (Å²) in [7, 11) is 1.44. The summed E-state index contributed by atoms with van der Waals surface area (Å²) < 4.78 is 73.0. The van der Waals surface area contributed by atoms with Gasteiger partial charge in [0.15, 0.2) is 5.96 Å². The monoisotopic (exact) mass is 499 g/mol. The first-order valence-corrected chi connectivity index (χ1v) is 11.6. The van der Waals surface area contributed by atoms with E-state index in [1.807, 2.05) is 6.92 Å². The highest BCUT2D eigenvalue weighted by Gasteiger charge is 2.52. The molecule has 5 N–H and O–H groups in total. The number of nitrogens with zero attached hydrogens (tertiary/aromatic N) is 2. The van der Waals surface area contributed by atoms with E-state index in [0.717, 1.165) is 0 Å². The third-order valence-electron chi connectivity index (χ3n) is 6.31. The largest absolute Gasteiger partial charge is 0.405 e. The maximum Gasteiger partial charge on any atom is 0.405 e. The van der Waals surface area contributed by atoms with E-state index in [1.165, 1.54) is 12.1 Å². The maximum atomic E-state index is 13.8. The lowest BCUT2D eigenvalue weighted by Crippen LogP contribution is -2.54. The van der Waals surface area contributed by atoms with Gasteiger partial charge < -0.3 is 10.1 Å². The molecule has 3 aliphatic rings. The fraction of sp³-hybridized carbons (Fsp3) is 0.900. The van der Waals surface area contributed by atoms with Crippen LogP contribution in [-0.4, -0.2) is 87.0 Å². The highest BCUT2D eigenvalue weighted by molar-refractivity contribution is 5.98. The highest BCUT2D eigenvalue weighted by Crippen LogP contribution is 2.33. The van der Waals surface area contributed by atoms with E-state index in [0.29, 0.717) is 13.0 Å². The quantitative estimate of drug-likeness (QED) is 0.153. The zero-order valence-corrected chi connectivity index (χ0v) is 19.3. The zero-order valence-electron chi connectivity index (χ0n) is 19.3. The van der Waals surface area contributed by atoms with Crippen LogP contribution < -0.4 is 26.9 Å². The highest BCUT2D eigenvalue weighted by atomic mass is 19.4. The lowest BCUT2D eigenvalue weighted by Gasteiger charge is -2.31. The van der Waals surface area contributed by atoms with Gasteiger partial charge >= 0.3 is 6.18 Å². The molecule has 0 radical (unpaired) electrons. The van der Waals surface area contributed by atoms with Crippen LogP contribution in [0.25, 0.3) is 0 Å².